The third kappa shape index (κ3) is 2.84. The summed E-state index contributed by atoms with van der Waals surface area (Å²) in [5.41, 5.74) is 0.133. The Labute approximate surface area is 120 Å². The van der Waals surface area contributed by atoms with Crippen LogP contribution in [-0.2, 0) is 0 Å². The first-order valence-electron chi connectivity index (χ1n) is 6.44. The molecule has 1 fully saturated rings. The summed E-state index contributed by atoms with van der Waals surface area (Å²) in [6, 6.07) is 6.68. The zero-order valence-corrected chi connectivity index (χ0v) is 11.0. The first-order chi connectivity index (χ1) is 10.1. The smallest absolute Gasteiger partial charge is 0.254 e. The van der Waals surface area contributed by atoms with Crippen LogP contribution in [0.2, 0.25) is 0 Å². The molecule has 3 rings (SSSR count). The molecule has 0 atom stereocenters. The molecule has 0 spiro atoms. The van der Waals surface area contributed by atoms with Gasteiger partial charge in [-0.05, 0) is 30.3 Å². The average molecular weight is 290 g/mol. The Morgan fingerprint density at radius 2 is 2.05 bits per heavy atom. The van der Waals surface area contributed by atoms with Gasteiger partial charge in [-0.3, -0.25) is 9.78 Å². The van der Waals surface area contributed by atoms with Crippen molar-refractivity contribution in [3.8, 4) is 5.75 Å². The Bertz CT molecular complexity index is 658. The SMILES string of the molecule is O=C(c1ccc(F)c(F)c1)N1CC(Oc2cccnc2)C1. The highest BCUT2D eigenvalue weighted by atomic mass is 19.2. The Morgan fingerprint density at radius 3 is 2.71 bits per heavy atom. The van der Waals surface area contributed by atoms with Crippen molar-refractivity contribution in [2.75, 3.05) is 13.1 Å². The molecule has 1 saturated heterocycles. The number of benzene rings is 1. The van der Waals surface area contributed by atoms with Gasteiger partial charge in [-0.25, -0.2) is 8.78 Å². The Kier molecular flexibility index (Phi) is 3.51. The third-order valence-electron chi connectivity index (χ3n) is 3.24. The van der Waals surface area contributed by atoms with E-state index < -0.39 is 11.6 Å². The second-order valence-electron chi connectivity index (χ2n) is 4.77. The number of hydrogen-bond donors (Lipinski definition) is 0. The van der Waals surface area contributed by atoms with Gasteiger partial charge in [-0.1, -0.05) is 0 Å². The van der Waals surface area contributed by atoms with E-state index in [2.05, 4.69) is 4.98 Å². The van der Waals surface area contributed by atoms with E-state index in [1.165, 1.54) is 11.0 Å². The molecule has 0 N–H and O–H groups in total. The molecular weight excluding hydrogens is 278 g/mol. The van der Waals surface area contributed by atoms with Crippen LogP contribution < -0.4 is 4.74 Å². The predicted molar refractivity (Wildman–Crippen MR) is 70.9 cm³/mol. The molecule has 1 aliphatic rings. The third-order valence-corrected chi connectivity index (χ3v) is 3.24. The normalized spacial score (nSPS) is 14.7. The van der Waals surface area contributed by atoms with Gasteiger partial charge in [0.1, 0.15) is 11.9 Å². The number of carbonyl (C=O) groups excluding carboxylic acids is 1. The van der Waals surface area contributed by atoms with Gasteiger partial charge in [-0.15, -0.1) is 0 Å². The largest absolute Gasteiger partial charge is 0.485 e. The second-order valence-corrected chi connectivity index (χ2v) is 4.77. The molecule has 1 aliphatic heterocycles. The van der Waals surface area contributed by atoms with Crippen LogP contribution in [0.3, 0.4) is 0 Å². The van der Waals surface area contributed by atoms with Gasteiger partial charge in [0, 0.05) is 11.8 Å². The summed E-state index contributed by atoms with van der Waals surface area (Å²) in [6.07, 6.45) is 3.13. The number of hydrogen-bond acceptors (Lipinski definition) is 3. The number of ether oxygens (including phenoxy) is 1. The highest BCUT2D eigenvalue weighted by molar-refractivity contribution is 5.94. The molecule has 4 nitrogen and oxygen atoms in total. The van der Waals surface area contributed by atoms with Crippen molar-refractivity contribution in [3.05, 3.63) is 59.9 Å². The fourth-order valence-electron chi connectivity index (χ4n) is 2.10. The Hall–Kier alpha value is -2.50. The Balaban J connectivity index is 1.58. The zero-order valence-electron chi connectivity index (χ0n) is 11.0. The van der Waals surface area contributed by atoms with E-state index in [1.54, 1.807) is 24.5 Å². The molecule has 0 unspecified atom stereocenters. The summed E-state index contributed by atoms with van der Waals surface area (Å²) >= 11 is 0. The van der Waals surface area contributed by atoms with E-state index in [9.17, 15) is 13.6 Å². The number of likely N-dealkylation sites (tertiary alicyclic amines) is 1. The molecule has 0 saturated carbocycles. The number of pyridine rings is 1. The summed E-state index contributed by atoms with van der Waals surface area (Å²) in [6.45, 7) is 0.819. The first kappa shape index (κ1) is 13.5. The number of rotatable bonds is 3. The second kappa shape index (κ2) is 5.47. The van der Waals surface area contributed by atoms with Crippen LogP contribution in [0.1, 0.15) is 10.4 Å². The lowest BCUT2D eigenvalue weighted by Crippen LogP contribution is -2.56. The summed E-state index contributed by atoms with van der Waals surface area (Å²) in [5, 5.41) is 0. The minimum atomic E-state index is -1.02. The number of amides is 1. The summed E-state index contributed by atoms with van der Waals surface area (Å²) in [4.78, 5) is 17.5. The van der Waals surface area contributed by atoms with Crippen LogP contribution in [0, 0.1) is 11.6 Å². The van der Waals surface area contributed by atoms with Gasteiger partial charge in [0.25, 0.3) is 5.91 Å². The number of aromatic nitrogens is 1. The number of nitrogens with zero attached hydrogens (tertiary/aromatic N) is 2. The highest BCUT2D eigenvalue weighted by Gasteiger charge is 2.33. The van der Waals surface area contributed by atoms with Gasteiger partial charge in [0.15, 0.2) is 11.6 Å². The molecule has 0 aliphatic carbocycles. The van der Waals surface area contributed by atoms with Crippen LogP contribution >= 0.6 is 0 Å². The van der Waals surface area contributed by atoms with Crippen molar-refractivity contribution in [2.45, 2.75) is 6.10 Å². The molecule has 2 heterocycles. The lowest BCUT2D eigenvalue weighted by Gasteiger charge is -2.38. The maximum Gasteiger partial charge on any atom is 0.254 e. The molecule has 0 bridgehead atoms. The maximum absolute atomic E-state index is 13.1. The molecule has 21 heavy (non-hydrogen) atoms. The summed E-state index contributed by atoms with van der Waals surface area (Å²) in [5.74, 6) is -1.68. The van der Waals surface area contributed by atoms with Crippen molar-refractivity contribution in [3.63, 3.8) is 0 Å². The van der Waals surface area contributed by atoms with Crippen LogP contribution in [-0.4, -0.2) is 35.0 Å². The highest BCUT2D eigenvalue weighted by Crippen LogP contribution is 2.19. The number of carbonyl (C=O) groups is 1. The van der Waals surface area contributed by atoms with Crippen molar-refractivity contribution < 1.29 is 18.3 Å². The van der Waals surface area contributed by atoms with E-state index in [4.69, 9.17) is 4.74 Å². The van der Waals surface area contributed by atoms with Gasteiger partial charge in [0.2, 0.25) is 0 Å². The van der Waals surface area contributed by atoms with Gasteiger partial charge < -0.3 is 9.64 Å². The van der Waals surface area contributed by atoms with Gasteiger partial charge >= 0.3 is 0 Å². The minimum absolute atomic E-state index is 0.108. The Morgan fingerprint density at radius 1 is 1.24 bits per heavy atom. The van der Waals surface area contributed by atoms with Gasteiger partial charge in [-0.2, -0.15) is 0 Å². The van der Waals surface area contributed by atoms with Crippen LogP contribution in [0.4, 0.5) is 8.78 Å². The van der Waals surface area contributed by atoms with Crippen molar-refractivity contribution in [2.24, 2.45) is 0 Å². The van der Waals surface area contributed by atoms with E-state index in [0.29, 0.717) is 18.8 Å². The molecule has 1 aromatic carbocycles. The molecule has 0 radical (unpaired) electrons. The average Bonchev–Trinajstić information content (AvgIpc) is 2.46. The molecule has 1 amide bonds. The lowest BCUT2D eigenvalue weighted by molar-refractivity contribution is 0.0176. The molecule has 2 aromatic rings. The topological polar surface area (TPSA) is 42.4 Å². The van der Waals surface area contributed by atoms with Gasteiger partial charge in [0.05, 0.1) is 19.3 Å². The van der Waals surface area contributed by atoms with Crippen molar-refractivity contribution >= 4 is 5.91 Å². The van der Waals surface area contributed by atoms with Crippen molar-refractivity contribution in [1.29, 1.82) is 0 Å². The fraction of sp³-hybridized carbons (Fsp3) is 0.200. The van der Waals surface area contributed by atoms with E-state index in [-0.39, 0.29) is 17.6 Å². The van der Waals surface area contributed by atoms with E-state index in [1.807, 2.05) is 0 Å². The van der Waals surface area contributed by atoms with E-state index >= 15 is 0 Å². The monoisotopic (exact) mass is 290 g/mol. The summed E-state index contributed by atoms with van der Waals surface area (Å²) in [7, 11) is 0. The molecular formula is C15H12F2N2O2. The summed E-state index contributed by atoms with van der Waals surface area (Å²) < 4.78 is 31.6. The van der Waals surface area contributed by atoms with E-state index in [0.717, 1.165) is 12.1 Å². The molecule has 1 aromatic heterocycles. The zero-order chi connectivity index (χ0) is 14.8. The van der Waals surface area contributed by atoms with Crippen LogP contribution in [0.5, 0.6) is 5.75 Å². The predicted octanol–water partition coefficient (Wildman–Crippen LogP) is 2.26. The number of halogens is 2. The van der Waals surface area contributed by atoms with Crippen LogP contribution in [0.15, 0.2) is 42.7 Å². The standard InChI is InChI=1S/C15H12F2N2O2/c16-13-4-3-10(6-14(13)17)15(20)19-8-12(9-19)21-11-2-1-5-18-7-11/h1-7,12H,8-9H2. The van der Waals surface area contributed by atoms with Crippen LogP contribution in [0.25, 0.3) is 0 Å². The molecule has 108 valence electrons. The maximum atomic E-state index is 13.1. The molecule has 6 heteroatoms. The van der Waals surface area contributed by atoms with Crippen molar-refractivity contribution in [1.82, 2.24) is 9.88 Å². The lowest BCUT2D eigenvalue weighted by atomic mass is 10.1. The fourth-order valence-corrected chi connectivity index (χ4v) is 2.10. The first-order valence-corrected chi connectivity index (χ1v) is 6.44. The quantitative estimate of drug-likeness (QED) is 0.871. The minimum Gasteiger partial charge on any atom is -0.485 e.